The molecular formula is C49H29N3S. The third-order valence-corrected chi connectivity index (χ3v) is 11.6. The van der Waals surface area contributed by atoms with E-state index in [1.54, 1.807) is 0 Å². The Bertz CT molecular complexity index is 3140. The van der Waals surface area contributed by atoms with Crippen LogP contribution in [0.25, 0.3) is 109 Å². The van der Waals surface area contributed by atoms with E-state index in [1.807, 2.05) is 11.3 Å². The van der Waals surface area contributed by atoms with Crippen molar-refractivity contribution in [3.05, 3.63) is 176 Å². The van der Waals surface area contributed by atoms with E-state index >= 15 is 0 Å². The molecule has 246 valence electrons. The van der Waals surface area contributed by atoms with Crippen molar-refractivity contribution in [2.24, 2.45) is 0 Å². The number of hydrogen-bond donors (Lipinski definition) is 0. The number of para-hydroxylation sites is 1. The molecule has 0 aliphatic carbocycles. The molecule has 0 spiro atoms. The number of hydrogen-bond acceptors (Lipinski definition) is 4. The van der Waals surface area contributed by atoms with Crippen LogP contribution in [-0.4, -0.2) is 15.0 Å². The fraction of sp³-hybridized carbons (Fsp3) is 0. The van der Waals surface area contributed by atoms with Gasteiger partial charge in [-0.2, -0.15) is 0 Å². The van der Waals surface area contributed by atoms with Crippen molar-refractivity contribution < 1.29 is 0 Å². The molecule has 0 fully saturated rings. The van der Waals surface area contributed by atoms with E-state index in [2.05, 4.69) is 176 Å². The van der Waals surface area contributed by atoms with Crippen LogP contribution in [0.4, 0.5) is 0 Å². The molecule has 0 amide bonds. The molecule has 3 aromatic heterocycles. The Morgan fingerprint density at radius 3 is 1.70 bits per heavy atom. The van der Waals surface area contributed by atoms with E-state index in [4.69, 9.17) is 15.0 Å². The minimum absolute atomic E-state index is 0.704. The van der Waals surface area contributed by atoms with E-state index in [-0.39, 0.29) is 0 Å². The van der Waals surface area contributed by atoms with Crippen molar-refractivity contribution in [1.29, 1.82) is 0 Å². The van der Waals surface area contributed by atoms with Gasteiger partial charge in [0.2, 0.25) is 0 Å². The van der Waals surface area contributed by atoms with Crippen molar-refractivity contribution in [1.82, 2.24) is 15.0 Å². The molecule has 53 heavy (non-hydrogen) atoms. The van der Waals surface area contributed by atoms with E-state index in [1.165, 1.54) is 52.5 Å². The molecule has 4 heteroatoms. The number of rotatable bonds is 4. The number of fused-ring (bicyclic) bond motifs is 9. The van der Waals surface area contributed by atoms with Gasteiger partial charge in [0.15, 0.2) is 5.82 Å². The van der Waals surface area contributed by atoms with Gasteiger partial charge >= 0.3 is 0 Å². The Morgan fingerprint density at radius 2 is 0.925 bits per heavy atom. The molecule has 0 aliphatic rings. The molecule has 0 saturated heterocycles. The minimum atomic E-state index is 0.704. The van der Waals surface area contributed by atoms with E-state index in [9.17, 15) is 0 Å². The summed E-state index contributed by atoms with van der Waals surface area (Å²) < 4.78 is 2.61. The normalized spacial score (nSPS) is 11.8. The van der Waals surface area contributed by atoms with Crippen LogP contribution in [-0.2, 0) is 0 Å². The van der Waals surface area contributed by atoms with E-state index in [0.29, 0.717) is 5.82 Å². The van der Waals surface area contributed by atoms with Gasteiger partial charge in [-0.15, -0.1) is 11.3 Å². The monoisotopic (exact) mass is 691 g/mol. The van der Waals surface area contributed by atoms with Crippen LogP contribution in [0.1, 0.15) is 0 Å². The SMILES string of the molecule is c1ccc2cc(-c3cc(-c4ccc(-c5nc6ccccc6c6c5ccc5c7ccccc7sc56)cc4)nc(-c4ccc5ccccc5c4)n3)ccc2c1. The number of aromatic nitrogens is 3. The first-order chi connectivity index (χ1) is 26.2. The highest BCUT2D eigenvalue weighted by atomic mass is 32.1. The molecule has 0 unspecified atom stereocenters. The lowest BCUT2D eigenvalue weighted by molar-refractivity contribution is 1.18. The van der Waals surface area contributed by atoms with Gasteiger partial charge in [0.05, 0.1) is 22.6 Å². The average Bonchev–Trinajstić information content (AvgIpc) is 3.62. The molecule has 11 aromatic rings. The van der Waals surface area contributed by atoms with Crippen LogP contribution in [0.5, 0.6) is 0 Å². The Kier molecular flexibility index (Phi) is 6.73. The first-order valence-electron chi connectivity index (χ1n) is 17.8. The Morgan fingerprint density at radius 1 is 0.358 bits per heavy atom. The summed E-state index contributed by atoms with van der Waals surface area (Å²) >= 11 is 1.87. The van der Waals surface area contributed by atoms with E-state index < -0.39 is 0 Å². The topological polar surface area (TPSA) is 38.7 Å². The Labute approximate surface area is 309 Å². The summed E-state index contributed by atoms with van der Waals surface area (Å²) in [5.41, 5.74) is 7.90. The minimum Gasteiger partial charge on any atom is -0.247 e. The molecule has 3 heterocycles. The largest absolute Gasteiger partial charge is 0.247 e. The van der Waals surface area contributed by atoms with Crippen LogP contribution < -0.4 is 0 Å². The molecule has 8 aromatic carbocycles. The highest BCUT2D eigenvalue weighted by Gasteiger charge is 2.17. The highest BCUT2D eigenvalue weighted by molar-refractivity contribution is 7.26. The second kappa shape index (κ2) is 11.9. The Hall–Kier alpha value is -6.75. The Balaban J connectivity index is 1.07. The number of pyridine rings is 1. The maximum absolute atomic E-state index is 5.27. The summed E-state index contributed by atoms with van der Waals surface area (Å²) in [5.74, 6) is 0.704. The molecule has 0 N–H and O–H groups in total. The molecule has 0 radical (unpaired) electrons. The zero-order valence-electron chi connectivity index (χ0n) is 28.5. The molecule has 0 atom stereocenters. The standard InChI is InChI=1S/C49H29N3S/c1-3-11-34-27-36(23-17-30(34)9-1)44-29-43(51-49(52-44)37-24-18-31-10-2-4-12-35(31)28-37)32-19-21-33(22-20-32)47-41-26-25-39-38-13-6-8-16-45(38)53-48(39)46(41)40-14-5-7-15-42(40)50-47/h1-29H. The zero-order valence-corrected chi connectivity index (χ0v) is 29.3. The molecule has 0 saturated carbocycles. The quantitative estimate of drug-likeness (QED) is 0.172. The zero-order chi connectivity index (χ0) is 34.9. The predicted octanol–water partition coefficient (Wildman–Crippen LogP) is 13.5. The average molecular weight is 692 g/mol. The maximum atomic E-state index is 5.27. The van der Waals surface area contributed by atoms with Crippen LogP contribution in [0, 0.1) is 0 Å². The van der Waals surface area contributed by atoms with Gasteiger partial charge in [-0.3, -0.25) is 0 Å². The van der Waals surface area contributed by atoms with Crippen molar-refractivity contribution in [3.63, 3.8) is 0 Å². The van der Waals surface area contributed by atoms with Crippen molar-refractivity contribution in [2.75, 3.05) is 0 Å². The predicted molar refractivity (Wildman–Crippen MR) is 224 cm³/mol. The van der Waals surface area contributed by atoms with E-state index in [0.717, 1.165) is 50.2 Å². The molecular weight excluding hydrogens is 663 g/mol. The van der Waals surface area contributed by atoms with Gasteiger partial charge < -0.3 is 0 Å². The first kappa shape index (κ1) is 29.9. The summed E-state index contributed by atoms with van der Waals surface area (Å²) in [7, 11) is 0. The lowest BCUT2D eigenvalue weighted by atomic mass is 9.97. The highest BCUT2D eigenvalue weighted by Crippen LogP contribution is 2.43. The van der Waals surface area contributed by atoms with Gasteiger partial charge in [-0.25, -0.2) is 15.0 Å². The van der Waals surface area contributed by atoms with Crippen molar-refractivity contribution in [3.8, 4) is 45.2 Å². The molecule has 11 rings (SSSR count). The fourth-order valence-electron chi connectivity index (χ4n) is 7.78. The molecule has 0 bridgehead atoms. The summed E-state index contributed by atoms with van der Waals surface area (Å²) in [6.07, 6.45) is 0. The molecule has 3 nitrogen and oxygen atoms in total. The van der Waals surface area contributed by atoms with Crippen LogP contribution in [0.2, 0.25) is 0 Å². The second-order valence-electron chi connectivity index (χ2n) is 13.6. The van der Waals surface area contributed by atoms with Crippen molar-refractivity contribution in [2.45, 2.75) is 0 Å². The summed E-state index contributed by atoms with van der Waals surface area (Å²) in [6.45, 7) is 0. The molecule has 0 aliphatic heterocycles. The smallest absolute Gasteiger partial charge is 0.160 e. The van der Waals surface area contributed by atoms with Gasteiger partial charge in [0.25, 0.3) is 0 Å². The lowest BCUT2D eigenvalue weighted by Crippen LogP contribution is -1.96. The van der Waals surface area contributed by atoms with Gasteiger partial charge in [0.1, 0.15) is 0 Å². The number of benzene rings is 8. The van der Waals surface area contributed by atoms with Crippen LogP contribution in [0.15, 0.2) is 176 Å². The number of nitrogens with zero attached hydrogens (tertiary/aromatic N) is 3. The van der Waals surface area contributed by atoms with Crippen molar-refractivity contribution >= 4 is 74.7 Å². The van der Waals surface area contributed by atoms with Gasteiger partial charge in [-0.1, -0.05) is 146 Å². The third-order valence-electron chi connectivity index (χ3n) is 10.4. The first-order valence-corrected chi connectivity index (χ1v) is 18.7. The van der Waals surface area contributed by atoms with Crippen LogP contribution >= 0.6 is 11.3 Å². The second-order valence-corrected chi connectivity index (χ2v) is 14.7. The van der Waals surface area contributed by atoms with Gasteiger partial charge in [-0.05, 0) is 51.9 Å². The number of thiophene rings is 1. The van der Waals surface area contributed by atoms with Crippen LogP contribution in [0.3, 0.4) is 0 Å². The van der Waals surface area contributed by atoms with Gasteiger partial charge in [0, 0.05) is 58.6 Å². The third kappa shape index (κ3) is 4.99. The fourth-order valence-corrected chi connectivity index (χ4v) is 9.05. The summed E-state index contributed by atoms with van der Waals surface area (Å²) in [5, 5.41) is 11.0. The lowest BCUT2D eigenvalue weighted by Gasteiger charge is -2.13. The maximum Gasteiger partial charge on any atom is 0.160 e. The summed E-state index contributed by atoms with van der Waals surface area (Å²) in [6, 6.07) is 62.5. The summed E-state index contributed by atoms with van der Waals surface area (Å²) in [4.78, 5) is 15.6.